The maximum Gasteiger partial charge on any atom is 0.269 e. The van der Waals surface area contributed by atoms with Crippen molar-refractivity contribution in [3.8, 4) is 10.6 Å². The molecule has 25 heavy (non-hydrogen) atoms. The number of carbonyl (C=O) groups excluding carboxylic acids is 1. The molecule has 0 spiro atoms. The van der Waals surface area contributed by atoms with E-state index in [9.17, 15) is 9.18 Å². The number of hydrogen-bond donors (Lipinski definition) is 1. The molecule has 2 heterocycles. The summed E-state index contributed by atoms with van der Waals surface area (Å²) in [6.45, 7) is 4.41. The van der Waals surface area contributed by atoms with Crippen molar-refractivity contribution in [3.63, 3.8) is 0 Å². The lowest BCUT2D eigenvalue weighted by Crippen LogP contribution is -2.33. The van der Waals surface area contributed by atoms with Gasteiger partial charge in [-0.25, -0.2) is 4.39 Å². The summed E-state index contributed by atoms with van der Waals surface area (Å²) in [5, 5.41) is 9.56. The highest BCUT2D eigenvalue weighted by Crippen LogP contribution is 2.24. The van der Waals surface area contributed by atoms with Gasteiger partial charge in [0.1, 0.15) is 17.2 Å². The summed E-state index contributed by atoms with van der Waals surface area (Å²) >= 11 is 1.58. The van der Waals surface area contributed by atoms with Gasteiger partial charge in [-0.1, -0.05) is 25.1 Å². The fourth-order valence-electron chi connectivity index (χ4n) is 2.43. The van der Waals surface area contributed by atoms with Gasteiger partial charge in [-0.3, -0.25) is 9.48 Å². The normalized spacial score (nSPS) is 12.1. The molecule has 3 rings (SSSR count). The first kappa shape index (κ1) is 17.4. The summed E-state index contributed by atoms with van der Waals surface area (Å²) in [5.41, 5.74) is 2.17. The molecule has 2 aromatic heterocycles. The maximum atomic E-state index is 13.1. The van der Waals surface area contributed by atoms with Gasteiger partial charge in [0.2, 0.25) is 0 Å². The zero-order valence-electron chi connectivity index (χ0n) is 14.2. The van der Waals surface area contributed by atoms with Gasteiger partial charge in [0.25, 0.3) is 5.91 Å². The zero-order valence-corrected chi connectivity index (χ0v) is 15.0. The largest absolute Gasteiger partial charge is 0.348 e. The van der Waals surface area contributed by atoms with Crippen LogP contribution in [0.25, 0.3) is 10.6 Å². The van der Waals surface area contributed by atoms with E-state index in [1.165, 1.54) is 12.1 Å². The number of carbonyl (C=O) groups is 1. The summed E-state index contributed by atoms with van der Waals surface area (Å²) in [7, 11) is 0. The van der Waals surface area contributed by atoms with Crippen LogP contribution in [0.3, 0.4) is 0 Å². The Balaban J connectivity index is 1.93. The predicted octanol–water partition coefficient (Wildman–Crippen LogP) is 4.33. The Labute approximate surface area is 150 Å². The third-order valence-electron chi connectivity index (χ3n) is 4.02. The fraction of sp³-hybridized carbons (Fsp3) is 0.263. The number of thiophene rings is 1. The van der Waals surface area contributed by atoms with Crippen molar-refractivity contribution in [2.24, 2.45) is 0 Å². The first-order valence-corrected chi connectivity index (χ1v) is 9.12. The number of benzene rings is 1. The molecule has 4 nitrogen and oxygen atoms in total. The van der Waals surface area contributed by atoms with E-state index >= 15 is 0 Å². The molecule has 0 aliphatic heterocycles. The SMILES string of the molecule is CCC(C)NC(=O)c1cc(-c2cccs2)nn1Cc1ccc(F)cc1. The molecular formula is C19H20FN3OS. The van der Waals surface area contributed by atoms with Crippen LogP contribution in [0.1, 0.15) is 36.3 Å². The van der Waals surface area contributed by atoms with Crippen molar-refractivity contribution in [2.75, 3.05) is 0 Å². The minimum Gasteiger partial charge on any atom is -0.348 e. The summed E-state index contributed by atoms with van der Waals surface area (Å²) in [6, 6.07) is 12.1. The molecule has 1 unspecified atom stereocenters. The van der Waals surface area contributed by atoms with E-state index in [0.717, 1.165) is 22.6 Å². The molecule has 0 aliphatic rings. The Morgan fingerprint density at radius 2 is 2.08 bits per heavy atom. The van der Waals surface area contributed by atoms with Gasteiger partial charge in [0, 0.05) is 6.04 Å². The molecule has 6 heteroatoms. The van der Waals surface area contributed by atoms with Crippen molar-refractivity contribution < 1.29 is 9.18 Å². The number of nitrogens with zero attached hydrogens (tertiary/aromatic N) is 2. The lowest BCUT2D eigenvalue weighted by Gasteiger charge is -2.12. The van der Waals surface area contributed by atoms with Crippen LogP contribution in [-0.2, 0) is 6.54 Å². The van der Waals surface area contributed by atoms with Gasteiger partial charge in [0.05, 0.1) is 11.4 Å². The van der Waals surface area contributed by atoms with Crippen molar-refractivity contribution in [3.05, 3.63) is 64.9 Å². The van der Waals surface area contributed by atoms with Gasteiger partial charge in [0.15, 0.2) is 0 Å². The van der Waals surface area contributed by atoms with Crippen LogP contribution in [0, 0.1) is 5.82 Å². The van der Waals surface area contributed by atoms with Crippen LogP contribution >= 0.6 is 11.3 Å². The number of amides is 1. The predicted molar refractivity (Wildman–Crippen MR) is 98.3 cm³/mol. The van der Waals surface area contributed by atoms with Crippen molar-refractivity contribution in [2.45, 2.75) is 32.9 Å². The summed E-state index contributed by atoms with van der Waals surface area (Å²) < 4.78 is 14.8. The first-order chi connectivity index (χ1) is 12.1. The van der Waals surface area contributed by atoms with E-state index in [1.807, 2.05) is 37.4 Å². The third-order valence-corrected chi connectivity index (χ3v) is 4.91. The Bertz CT molecular complexity index is 840. The third kappa shape index (κ3) is 4.14. The molecule has 0 bridgehead atoms. The average Bonchev–Trinajstić information content (AvgIpc) is 3.26. The molecule has 0 saturated heterocycles. The van der Waals surface area contributed by atoms with Gasteiger partial charge in [-0.05, 0) is 48.6 Å². The monoisotopic (exact) mass is 357 g/mol. The highest BCUT2D eigenvalue weighted by atomic mass is 32.1. The standard InChI is InChI=1S/C19H20FN3OS/c1-3-13(2)21-19(24)17-11-16(18-5-4-10-25-18)22-23(17)12-14-6-8-15(20)9-7-14/h4-11,13H,3,12H2,1-2H3,(H,21,24). The Morgan fingerprint density at radius 1 is 1.32 bits per heavy atom. The van der Waals surface area contributed by atoms with Crippen LogP contribution in [0.2, 0.25) is 0 Å². The van der Waals surface area contributed by atoms with Crippen LogP contribution in [0.5, 0.6) is 0 Å². The minimum atomic E-state index is -0.279. The van der Waals surface area contributed by atoms with Crippen molar-refractivity contribution >= 4 is 17.2 Å². The molecule has 3 aromatic rings. The van der Waals surface area contributed by atoms with Gasteiger partial charge >= 0.3 is 0 Å². The molecule has 1 N–H and O–H groups in total. The molecule has 0 radical (unpaired) electrons. The van der Waals surface area contributed by atoms with Gasteiger partial charge in [-0.15, -0.1) is 11.3 Å². The fourth-order valence-corrected chi connectivity index (χ4v) is 3.11. The van der Waals surface area contributed by atoms with Crippen LogP contribution in [-0.4, -0.2) is 21.7 Å². The molecule has 1 atom stereocenters. The van der Waals surface area contributed by atoms with E-state index in [-0.39, 0.29) is 17.8 Å². The van der Waals surface area contributed by atoms with Crippen LogP contribution in [0.15, 0.2) is 47.8 Å². The Kier molecular flexibility index (Phi) is 5.28. The molecule has 0 aliphatic carbocycles. The van der Waals surface area contributed by atoms with Crippen LogP contribution in [0.4, 0.5) is 4.39 Å². The zero-order chi connectivity index (χ0) is 17.8. The molecule has 0 fully saturated rings. The maximum absolute atomic E-state index is 13.1. The average molecular weight is 357 g/mol. The summed E-state index contributed by atoms with van der Waals surface area (Å²) in [5.74, 6) is -0.426. The number of aromatic nitrogens is 2. The summed E-state index contributed by atoms with van der Waals surface area (Å²) in [4.78, 5) is 13.6. The minimum absolute atomic E-state index is 0.0897. The summed E-state index contributed by atoms with van der Waals surface area (Å²) in [6.07, 6.45) is 0.857. The van der Waals surface area contributed by atoms with Crippen LogP contribution < -0.4 is 5.32 Å². The number of nitrogens with one attached hydrogen (secondary N) is 1. The highest BCUT2D eigenvalue weighted by Gasteiger charge is 2.18. The Hall–Kier alpha value is -2.47. The van der Waals surface area contributed by atoms with Crippen molar-refractivity contribution in [1.29, 1.82) is 0 Å². The van der Waals surface area contributed by atoms with E-state index in [2.05, 4.69) is 10.4 Å². The topological polar surface area (TPSA) is 46.9 Å². The smallest absolute Gasteiger partial charge is 0.269 e. The van der Waals surface area contributed by atoms with Gasteiger partial charge in [-0.2, -0.15) is 5.10 Å². The van der Waals surface area contributed by atoms with E-state index in [0.29, 0.717) is 12.2 Å². The van der Waals surface area contributed by atoms with E-state index in [1.54, 1.807) is 28.2 Å². The molecular weight excluding hydrogens is 337 g/mol. The van der Waals surface area contributed by atoms with Crippen molar-refractivity contribution in [1.82, 2.24) is 15.1 Å². The molecule has 0 saturated carbocycles. The number of hydrogen-bond acceptors (Lipinski definition) is 3. The second-order valence-corrected chi connectivity index (χ2v) is 6.91. The molecule has 130 valence electrons. The number of rotatable bonds is 6. The lowest BCUT2D eigenvalue weighted by molar-refractivity contribution is 0.0929. The second-order valence-electron chi connectivity index (χ2n) is 5.96. The molecule has 1 aromatic carbocycles. The lowest BCUT2D eigenvalue weighted by atomic mass is 10.2. The Morgan fingerprint density at radius 3 is 2.72 bits per heavy atom. The van der Waals surface area contributed by atoms with E-state index in [4.69, 9.17) is 0 Å². The quantitative estimate of drug-likeness (QED) is 0.714. The first-order valence-electron chi connectivity index (χ1n) is 8.24. The second kappa shape index (κ2) is 7.61. The molecule has 1 amide bonds. The van der Waals surface area contributed by atoms with Gasteiger partial charge < -0.3 is 5.32 Å². The number of halogens is 1. The van der Waals surface area contributed by atoms with E-state index < -0.39 is 0 Å². The highest BCUT2D eigenvalue weighted by molar-refractivity contribution is 7.13.